The van der Waals surface area contributed by atoms with Crippen LogP contribution in [-0.4, -0.2) is 38.0 Å². The number of carbonyl (C=O) groups is 2. The van der Waals surface area contributed by atoms with Gasteiger partial charge in [-0.15, -0.1) is 0 Å². The average molecular weight is 389 g/mol. The summed E-state index contributed by atoms with van der Waals surface area (Å²) < 4.78 is 5.20. The van der Waals surface area contributed by atoms with Crippen molar-refractivity contribution >= 4 is 40.5 Å². The van der Waals surface area contributed by atoms with Crippen LogP contribution in [0.3, 0.4) is 0 Å². The van der Waals surface area contributed by atoms with Crippen LogP contribution in [0.5, 0.6) is 0 Å². The van der Waals surface area contributed by atoms with Gasteiger partial charge < -0.3 is 14.7 Å². The van der Waals surface area contributed by atoms with Crippen molar-refractivity contribution < 1.29 is 14.0 Å². The van der Waals surface area contributed by atoms with Crippen LogP contribution in [0.15, 0.2) is 37.8 Å². The Morgan fingerprint density at radius 1 is 1.54 bits per heavy atom. The van der Waals surface area contributed by atoms with E-state index in [0.29, 0.717) is 0 Å². The zero-order valence-electron chi connectivity index (χ0n) is 13.3. The van der Waals surface area contributed by atoms with Gasteiger partial charge in [0.15, 0.2) is 16.1 Å². The SMILES string of the molecule is CC1SC(NC(=O)CSc2nc(-c3ccco3)c(C#N)c(=O)[nH]2)=NC1=O. The van der Waals surface area contributed by atoms with Gasteiger partial charge in [-0.25, -0.2) is 4.98 Å². The van der Waals surface area contributed by atoms with E-state index in [1.165, 1.54) is 18.0 Å². The molecule has 3 heterocycles. The van der Waals surface area contributed by atoms with Gasteiger partial charge in [-0.05, 0) is 19.1 Å². The molecule has 0 aromatic carbocycles. The number of aromatic nitrogens is 2. The fourth-order valence-electron chi connectivity index (χ4n) is 2.00. The molecule has 1 atom stereocenters. The number of amides is 2. The molecule has 0 fully saturated rings. The van der Waals surface area contributed by atoms with Crippen LogP contribution in [0.1, 0.15) is 12.5 Å². The number of rotatable bonds is 4. The summed E-state index contributed by atoms with van der Waals surface area (Å²) in [6.07, 6.45) is 1.40. The highest BCUT2D eigenvalue weighted by molar-refractivity contribution is 8.15. The number of hydrogen-bond acceptors (Lipinski definition) is 8. The zero-order valence-corrected chi connectivity index (χ0v) is 14.9. The van der Waals surface area contributed by atoms with Gasteiger partial charge in [0.25, 0.3) is 11.5 Å². The van der Waals surface area contributed by atoms with E-state index in [1.54, 1.807) is 25.1 Å². The standard InChI is InChI=1S/C15H11N5O4S2/c1-7-12(22)19-15(26-7)17-10(21)6-25-14-18-11(9-3-2-4-24-9)8(5-16)13(23)20-14/h2-4,7H,6H2,1H3,(H,18,20,23)(H,17,19,21,22). The number of carbonyl (C=O) groups excluding carboxylic acids is 2. The normalized spacial score (nSPS) is 16.2. The Hall–Kier alpha value is -2.84. The highest BCUT2D eigenvalue weighted by Crippen LogP contribution is 2.23. The molecule has 0 spiro atoms. The molecule has 11 heteroatoms. The molecule has 2 amide bonds. The van der Waals surface area contributed by atoms with Crippen molar-refractivity contribution in [1.29, 1.82) is 5.26 Å². The lowest BCUT2D eigenvalue weighted by Crippen LogP contribution is -2.29. The van der Waals surface area contributed by atoms with Crippen molar-refractivity contribution in [3.63, 3.8) is 0 Å². The number of thioether (sulfide) groups is 2. The Kier molecular flexibility index (Phi) is 5.24. The predicted octanol–water partition coefficient (Wildman–Crippen LogP) is 1.13. The number of furan rings is 1. The number of aliphatic imine (C=N–C) groups is 1. The number of amidine groups is 1. The lowest BCUT2D eigenvalue weighted by Gasteiger charge is -2.05. The smallest absolute Gasteiger partial charge is 0.270 e. The van der Waals surface area contributed by atoms with Crippen molar-refractivity contribution in [2.75, 3.05) is 5.75 Å². The molecule has 132 valence electrons. The predicted molar refractivity (Wildman–Crippen MR) is 95.6 cm³/mol. The summed E-state index contributed by atoms with van der Waals surface area (Å²) in [4.78, 5) is 45.7. The van der Waals surface area contributed by atoms with Gasteiger partial charge >= 0.3 is 0 Å². The van der Waals surface area contributed by atoms with E-state index < -0.39 is 11.5 Å². The number of H-pyrrole nitrogens is 1. The second-order valence-electron chi connectivity index (χ2n) is 5.04. The summed E-state index contributed by atoms with van der Waals surface area (Å²) in [6, 6.07) is 4.99. The van der Waals surface area contributed by atoms with Crippen LogP contribution in [0.4, 0.5) is 0 Å². The minimum absolute atomic E-state index is 0.0609. The average Bonchev–Trinajstić information content (AvgIpc) is 3.23. The third-order valence-electron chi connectivity index (χ3n) is 3.20. The van der Waals surface area contributed by atoms with E-state index >= 15 is 0 Å². The van der Waals surface area contributed by atoms with E-state index in [1.807, 2.05) is 0 Å². The quantitative estimate of drug-likeness (QED) is 0.585. The lowest BCUT2D eigenvalue weighted by molar-refractivity contribution is -0.117. The maximum atomic E-state index is 12.0. The highest BCUT2D eigenvalue weighted by atomic mass is 32.2. The third-order valence-corrected chi connectivity index (χ3v) is 5.04. The molecule has 2 aromatic heterocycles. The van der Waals surface area contributed by atoms with Crippen LogP contribution in [-0.2, 0) is 9.59 Å². The van der Waals surface area contributed by atoms with Gasteiger partial charge in [-0.2, -0.15) is 10.3 Å². The first-order valence-electron chi connectivity index (χ1n) is 7.28. The highest BCUT2D eigenvalue weighted by Gasteiger charge is 2.25. The van der Waals surface area contributed by atoms with Crippen LogP contribution in [0, 0.1) is 11.3 Å². The van der Waals surface area contributed by atoms with E-state index in [0.717, 1.165) is 11.8 Å². The molecule has 0 saturated carbocycles. The molecule has 2 aromatic rings. The first-order chi connectivity index (χ1) is 12.5. The Labute approximate surface area is 155 Å². The van der Waals surface area contributed by atoms with E-state index in [9.17, 15) is 14.4 Å². The summed E-state index contributed by atoms with van der Waals surface area (Å²) in [6.45, 7) is 1.70. The maximum Gasteiger partial charge on any atom is 0.270 e. The summed E-state index contributed by atoms with van der Waals surface area (Å²) in [5, 5.41) is 11.8. The topological polar surface area (TPSA) is 141 Å². The Bertz CT molecular complexity index is 990. The van der Waals surface area contributed by atoms with Crippen LogP contribution in [0.25, 0.3) is 11.5 Å². The molecular formula is C15H11N5O4S2. The number of hydrogen-bond donors (Lipinski definition) is 2. The third kappa shape index (κ3) is 3.87. The Morgan fingerprint density at radius 3 is 2.96 bits per heavy atom. The molecule has 0 bridgehead atoms. The minimum atomic E-state index is -0.619. The molecule has 1 aliphatic heterocycles. The molecule has 0 saturated heterocycles. The largest absolute Gasteiger partial charge is 0.463 e. The molecule has 1 unspecified atom stereocenters. The number of aromatic amines is 1. The second-order valence-corrected chi connectivity index (χ2v) is 7.33. The van der Waals surface area contributed by atoms with Crippen molar-refractivity contribution in [3.8, 4) is 17.5 Å². The Morgan fingerprint density at radius 2 is 2.35 bits per heavy atom. The van der Waals surface area contributed by atoms with Crippen molar-refractivity contribution in [1.82, 2.24) is 15.3 Å². The molecular weight excluding hydrogens is 378 g/mol. The molecule has 9 nitrogen and oxygen atoms in total. The Balaban J connectivity index is 1.72. The molecule has 0 aliphatic carbocycles. The summed E-state index contributed by atoms with van der Waals surface area (Å²) >= 11 is 2.15. The van der Waals surface area contributed by atoms with Gasteiger partial charge in [0.2, 0.25) is 5.91 Å². The van der Waals surface area contributed by atoms with Gasteiger partial charge in [-0.1, -0.05) is 23.5 Å². The molecule has 1 aliphatic rings. The van der Waals surface area contributed by atoms with Crippen molar-refractivity contribution in [2.24, 2.45) is 4.99 Å². The maximum absolute atomic E-state index is 12.0. The lowest BCUT2D eigenvalue weighted by atomic mass is 10.2. The van der Waals surface area contributed by atoms with Crippen molar-refractivity contribution in [3.05, 3.63) is 34.3 Å². The van der Waals surface area contributed by atoms with Crippen LogP contribution < -0.4 is 10.9 Å². The summed E-state index contributed by atoms with van der Waals surface area (Å²) in [5.41, 5.74) is -0.677. The van der Waals surface area contributed by atoms with E-state index in [4.69, 9.17) is 9.68 Å². The summed E-state index contributed by atoms with van der Waals surface area (Å²) in [5.74, 6) is -0.466. The zero-order chi connectivity index (χ0) is 18.7. The molecule has 0 radical (unpaired) electrons. The number of nitriles is 1. The minimum Gasteiger partial charge on any atom is -0.463 e. The van der Waals surface area contributed by atoms with Gasteiger partial charge in [-0.3, -0.25) is 14.4 Å². The summed E-state index contributed by atoms with van der Waals surface area (Å²) in [7, 11) is 0. The van der Waals surface area contributed by atoms with Gasteiger partial charge in [0, 0.05) is 0 Å². The van der Waals surface area contributed by atoms with E-state index in [2.05, 4.69) is 20.3 Å². The van der Waals surface area contributed by atoms with Crippen LogP contribution in [0.2, 0.25) is 0 Å². The first kappa shape index (κ1) is 18.0. The fraction of sp³-hybridized carbons (Fsp3) is 0.200. The van der Waals surface area contributed by atoms with Crippen molar-refractivity contribution in [2.45, 2.75) is 17.3 Å². The van der Waals surface area contributed by atoms with Gasteiger partial charge in [0.05, 0.1) is 17.3 Å². The second kappa shape index (κ2) is 7.59. The number of nitrogens with one attached hydrogen (secondary N) is 2. The molecule has 2 N–H and O–H groups in total. The first-order valence-corrected chi connectivity index (χ1v) is 9.14. The van der Waals surface area contributed by atoms with Crippen LogP contribution >= 0.6 is 23.5 Å². The van der Waals surface area contributed by atoms with E-state index in [-0.39, 0.29) is 44.3 Å². The number of nitrogens with zero attached hydrogens (tertiary/aromatic N) is 3. The molecule has 3 rings (SSSR count). The monoisotopic (exact) mass is 389 g/mol. The van der Waals surface area contributed by atoms with Gasteiger partial charge in [0.1, 0.15) is 17.3 Å². The molecule has 26 heavy (non-hydrogen) atoms. The fourth-order valence-corrected chi connectivity index (χ4v) is 3.46.